The highest BCUT2D eigenvalue weighted by Gasteiger charge is 2.06. The molecule has 0 aromatic heterocycles. The maximum Gasteiger partial charge on any atom is 0.134 e. The highest BCUT2D eigenvalue weighted by atomic mass is 79.9. The molecule has 0 fully saturated rings. The van der Waals surface area contributed by atoms with Crippen LogP contribution in [-0.4, -0.2) is 6.21 Å². The number of rotatable bonds is 5. The Morgan fingerprint density at radius 2 is 1.81 bits per heavy atom. The summed E-state index contributed by atoms with van der Waals surface area (Å²) in [7, 11) is 0. The average Bonchev–Trinajstić information content (AvgIpc) is 2.63. The molecule has 0 aliphatic heterocycles. The molecule has 0 atom stereocenters. The van der Waals surface area contributed by atoms with E-state index in [-0.39, 0.29) is 0 Å². The average molecular weight is 463 g/mol. The van der Waals surface area contributed by atoms with E-state index in [0.717, 1.165) is 32.6 Å². The van der Waals surface area contributed by atoms with Crippen molar-refractivity contribution >= 4 is 51.0 Å². The van der Waals surface area contributed by atoms with Crippen molar-refractivity contribution in [1.29, 1.82) is 0 Å². The Hall–Kier alpha value is -1.81. The monoisotopic (exact) mass is 461 g/mol. The summed E-state index contributed by atoms with van der Waals surface area (Å²) in [6.45, 7) is 4.49. The fraction of sp³-hybridized carbons (Fsp3) is 0.136. The van der Waals surface area contributed by atoms with Crippen molar-refractivity contribution in [3.63, 3.8) is 0 Å². The first-order valence-electron chi connectivity index (χ1n) is 8.40. The predicted octanol–water partition coefficient (Wildman–Crippen LogP) is 7.70. The lowest BCUT2D eigenvalue weighted by Crippen LogP contribution is -1.97. The quantitative estimate of drug-likeness (QED) is 0.356. The van der Waals surface area contributed by atoms with E-state index in [2.05, 4.69) is 53.0 Å². The lowest BCUT2D eigenvalue weighted by atomic mass is 10.1. The second-order valence-electron chi connectivity index (χ2n) is 6.26. The Labute approximate surface area is 177 Å². The summed E-state index contributed by atoms with van der Waals surface area (Å²) in [5.74, 6) is 0.741. The van der Waals surface area contributed by atoms with Crippen LogP contribution < -0.4 is 4.74 Å². The van der Waals surface area contributed by atoms with Crippen molar-refractivity contribution in [3.05, 3.63) is 91.4 Å². The van der Waals surface area contributed by atoms with E-state index in [4.69, 9.17) is 27.9 Å². The molecule has 0 saturated heterocycles. The first-order chi connectivity index (χ1) is 12.9. The standard InChI is InChI=1S/C22H18BrCl2NO/c1-14-3-4-15(2)21(9-14)26-12-16-5-8-22(19(23)10-16)27-13-17-6-7-18(24)11-20(17)25/h3-12H,13H2,1-2H3. The zero-order valence-corrected chi connectivity index (χ0v) is 18.1. The zero-order chi connectivity index (χ0) is 19.4. The first kappa shape index (κ1) is 19.9. The van der Waals surface area contributed by atoms with Crippen molar-refractivity contribution in [2.45, 2.75) is 20.5 Å². The molecule has 0 aliphatic carbocycles. The number of hydrogen-bond acceptors (Lipinski definition) is 2. The summed E-state index contributed by atoms with van der Waals surface area (Å²) >= 11 is 15.7. The van der Waals surface area contributed by atoms with Gasteiger partial charge < -0.3 is 4.74 Å². The minimum absolute atomic E-state index is 0.366. The van der Waals surface area contributed by atoms with Crippen molar-refractivity contribution in [2.75, 3.05) is 0 Å². The van der Waals surface area contributed by atoms with Crippen molar-refractivity contribution in [1.82, 2.24) is 0 Å². The van der Waals surface area contributed by atoms with Crippen LogP contribution in [0.5, 0.6) is 5.75 Å². The van der Waals surface area contributed by atoms with E-state index in [1.54, 1.807) is 12.1 Å². The maximum atomic E-state index is 6.19. The third kappa shape index (κ3) is 5.35. The molecule has 138 valence electrons. The number of benzene rings is 3. The highest BCUT2D eigenvalue weighted by Crippen LogP contribution is 2.28. The van der Waals surface area contributed by atoms with Gasteiger partial charge in [0.2, 0.25) is 0 Å². The van der Waals surface area contributed by atoms with Crippen LogP contribution in [0.4, 0.5) is 5.69 Å². The zero-order valence-electron chi connectivity index (χ0n) is 15.0. The van der Waals surface area contributed by atoms with E-state index in [0.29, 0.717) is 16.7 Å². The number of hydrogen-bond donors (Lipinski definition) is 0. The topological polar surface area (TPSA) is 21.6 Å². The van der Waals surface area contributed by atoms with E-state index in [9.17, 15) is 0 Å². The molecule has 0 unspecified atom stereocenters. The van der Waals surface area contributed by atoms with Crippen molar-refractivity contribution in [2.24, 2.45) is 4.99 Å². The second kappa shape index (κ2) is 8.92. The minimum Gasteiger partial charge on any atom is -0.488 e. The number of aliphatic imine (C=N–C) groups is 1. The van der Waals surface area contributed by atoms with Crippen LogP contribution in [0, 0.1) is 13.8 Å². The predicted molar refractivity (Wildman–Crippen MR) is 118 cm³/mol. The number of halogens is 3. The van der Waals surface area contributed by atoms with Crippen LogP contribution in [0.2, 0.25) is 10.0 Å². The molecular formula is C22H18BrCl2NO. The van der Waals surface area contributed by atoms with Gasteiger partial charge in [0.05, 0.1) is 10.2 Å². The molecule has 0 amide bonds. The molecule has 0 aliphatic rings. The van der Waals surface area contributed by atoms with E-state index < -0.39 is 0 Å². The van der Waals surface area contributed by atoms with Crippen LogP contribution in [0.3, 0.4) is 0 Å². The molecule has 0 spiro atoms. The summed E-state index contributed by atoms with van der Waals surface area (Å²) in [6, 6.07) is 17.5. The van der Waals surface area contributed by atoms with Crippen molar-refractivity contribution < 1.29 is 4.74 Å². The van der Waals surface area contributed by atoms with Gasteiger partial charge in [-0.15, -0.1) is 0 Å². The number of ether oxygens (including phenoxy) is 1. The van der Waals surface area contributed by atoms with Gasteiger partial charge in [0.15, 0.2) is 0 Å². The van der Waals surface area contributed by atoms with Gasteiger partial charge in [-0.1, -0.05) is 41.4 Å². The normalized spacial score (nSPS) is 11.1. The largest absolute Gasteiger partial charge is 0.488 e. The lowest BCUT2D eigenvalue weighted by Gasteiger charge is -2.10. The summed E-state index contributed by atoms with van der Waals surface area (Å²) in [6.07, 6.45) is 1.85. The van der Waals surface area contributed by atoms with E-state index >= 15 is 0 Å². The molecule has 0 N–H and O–H groups in total. The number of nitrogens with zero attached hydrogens (tertiary/aromatic N) is 1. The van der Waals surface area contributed by atoms with Crippen molar-refractivity contribution in [3.8, 4) is 5.75 Å². The highest BCUT2D eigenvalue weighted by molar-refractivity contribution is 9.10. The Kier molecular flexibility index (Phi) is 6.59. The molecule has 0 bridgehead atoms. The maximum absolute atomic E-state index is 6.19. The fourth-order valence-electron chi connectivity index (χ4n) is 2.51. The molecule has 0 heterocycles. The molecule has 2 nitrogen and oxygen atoms in total. The molecular weight excluding hydrogens is 445 g/mol. The van der Waals surface area contributed by atoms with Crippen LogP contribution in [-0.2, 0) is 6.61 Å². The molecule has 3 aromatic carbocycles. The molecule has 0 saturated carbocycles. The van der Waals surface area contributed by atoms with Gasteiger partial charge in [0.1, 0.15) is 12.4 Å². The first-order valence-corrected chi connectivity index (χ1v) is 9.95. The van der Waals surface area contributed by atoms with Gasteiger partial charge >= 0.3 is 0 Å². The van der Waals surface area contributed by atoms with Gasteiger partial charge in [-0.25, -0.2) is 0 Å². The van der Waals surface area contributed by atoms with E-state index in [1.807, 2.05) is 30.5 Å². The molecule has 5 heteroatoms. The minimum atomic E-state index is 0.366. The van der Waals surface area contributed by atoms with Gasteiger partial charge in [0.25, 0.3) is 0 Å². The van der Waals surface area contributed by atoms with Crippen LogP contribution in [0.1, 0.15) is 22.3 Å². The number of aryl methyl sites for hydroxylation is 2. The Balaban J connectivity index is 1.71. The fourth-order valence-corrected chi connectivity index (χ4v) is 3.49. The summed E-state index contributed by atoms with van der Waals surface area (Å²) < 4.78 is 6.74. The Bertz CT molecular complexity index is 1000. The third-order valence-corrected chi connectivity index (χ3v) is 5.28. The van der Waals surface area contributed by atoms with Gasteiger partial charge in [-0.3, -0.25) is 4.99 Å². The second-order valence-corrected chi connectivity index (χ2v) is 7.96. The SMILES string of the molecule is Cc1ccc(C)c(N=Cc2ccc(OCc3ccc(Cl)cc3Cl)c(Br)c2)c1. The Morgan fingerprint density at radius 3 is 2.56 bits per heavy atom. The summed E-state index contributed by atoms with van der Waals surface area (Å²) in [4.78, 5) is 4.60. The molecule has 27 heavy (non-hydrogen) atoms. The lowest BCUT2D eigenvalue weighted by molar-refractivity contribution is 0.304. The summed E-state index contributed by atoms with van der Waals surface area (Å²) in [5, 5.41) is 1.20. The third-order valence-electron chi connectivity index (χ3n) is 4.07. The van der Waals surface area contributed by atoms with Crippen LogP contribution >= 0.6 is 39.1 Å². The Morgan fingerprint density at radius 1 is 1.00 bits per heavy atom. The van der Waals surface area contributed by atoms with E-state index in [1.165, 1.54) is 5.56 Å². The van der Waals surface area contributed by atoms with Crippen LogP contribution in [0.25, 0.3) is 0 Å². The smallest absolute Gasteiger partial charge is 0.134 e. The molecule has 3 aromatic rings. The van der Waals surface area contributed by atoms with Gasteiger partial charge in [0, 0.05) is 21.8 Å². The van der Waals surface area contributed by atoms with Gasteiger partial charge in [-0.05, 0) is 82.9 Å². The summed E-state index contributed by atoms with van der Waals surface area (Å²) in [5.41, 5.74) is 5.19. The van der Waals surface area contributed by atoms with Crippen LogP contribution in [0.15, 0.2) is 64.1 Å². The molecule has 3 rings (SSSR count). The van der Waals surface area contributed by atoms with Gasteiger partial charge in [-0.2, -0.15) is 0 Å². The molecule has 0 radical (unpaired) electrons.